The van der Waals surface area contributed by atoms with Gasteiger partial charge in [-0.2, -0.15) is 9.49 Å². The van der Waals surface area contributed by atoms with Gasteiger partial charge in [0.1, 0.15) is 0 Å². The van der Waals surface area contributed by atoms with E-state index in [9.17, 15) is 9.18 Å². The predicted molar refractivity (Wildman–Crippen MR) is 43.9 cm³/mol. The van der Waals surface area contributed by atoms with Gasteiger partial charge in [0, 0.05) is 11.6 Å². The van der Waals surface area contributed by atoms with E-state index in [4.69, 9.17) is 5.11 Å². The Bertz CT molecular complexity index is 320. The maximum Gasteiger partial charge on any atom is 0.308 e. The molecule has 0 aliphatic rings. The molecule has 0 spiro atoms. The first-order valence-electron chi connectivity index (χ1n) is 3.96. The highest BCUT2D eigenvalue weighted by molar-refractivity contribution is 5.69. The zero-order chi connectivity index (χ0) is 10.0. The predicted octanol–water partition coefficient (Wildman–Crippen LogP) is 1.23. The fourth-order valence-corrected chi connectivity index (χ4v) is 1.02. The number of carboxylic acids is 1. The van der Waals surface area contributed by atoms with Crippen molar-refractivity contribution in [2.75, 3.05) is 0 Å². The number of aliphatic carboxylic acids is 1. The van der Waals surface area contributed by atoms with E-state index in [0.717, 1.165) is 4.68 Å². The van der Waals surface area contributed by atoms with E-state index in [1.807, 2.05) is 0 Å². The van der Waals surface area contributed by atoms with Gasteiger partial charge in [0.25, 0.3) is 0 Å². The molecule has 1 aromatic rings. The van der Waals surface area contributed by atoms with Crippen LogP contribution in [0.2, 0.25) is 0 Å². The topological polar surface area (TPSA) is 55.1 Å². The minimum Gasteiger partial charge on any atom is -0.481 e. The summed E-state index contributed by atoms with van der Waals surface area (Å²) in [6, 6.07) is -0.0949. The Labute approximate surface area is 75.0 Å². The number of aromatic nitrogens is 2. The van der Waals surface area contributed by atoms with Crippen LogP contribution < -0.4 is 0 Å². The van der Waals surface area contributed by atoms with Crippen LogP contribution >= 0.6 is 0 Å². The van der Waals surface area contributed by atoms with Gasteiger partial charge in [-0.05, 0) is 13.8 Å². The summed E-state index contributed by atoms with van der Waals surface area (Å²) in [5.41, 5.74) is 0.126. The lowest BCUT2D eigenvalue weighted by Gasteiger charge is -2.04. The van der Waals surface area contributed by atoms with Crippen molar-refractivity contribution in [3.63, 3.8) is 0 Å². The molecule has 0 fully saturated rings. The van der Waals surface area contributed by atoms with Crippen LogP contribution in [-0.4, -0.2) is 20.9 Å². The van der Waals surface area contributed by atoms with Crippen LogP contribution in [0.5, 0.6) is 0 Å². The molecule has 0 bridgehead atoms. The molecule has 4 nitrogen and oxygen atoms in total. The van der Waals surface area contributed by atoms with Crippen LogP contribution in [0.1, 0.15) is 25.5 Å². The third kappa shape index (κ3) is 2.05. The third-order valence-electron chi connectivity index (χ3n) is 1.63. The molecule has 1 heterocycles. The Morgan fingerprint density at radius 2 is 2.38 bits per heavy atom. The van der Waals surface area contributed by atoms with E-state index < -0.39 is 11.9 Å². The summed E-state index contributed by atoms with van der Waals surface area (Å²) in [6.07, 6.45) is 0.933. The Morgan fingerprint density at radius 3 is 2.77 bits per heavy atom. The second-order valence-electron chi connectivity index (χ2n) is 3.07. The van der Waals surface area contributed by atoms with E-state index in [-0.39, 0.29) is 18.0 Å². The lowest BCUT2D eigenvalue weighted by molar-refractivity contribution is -0.136. The molecule has 0 aromatic carbocycles. The average molecular weight is 186 g/mol. The zero-order valence-corrected chi connectivity index (χ0v) is 7.49. The van der Waals surface area contributed by atoms with Gasteiger partial charge in [0.05, 0.1) is 12.6 Å². The van der Waals surface area contributed by atoms with Gasteiger partial charge in [0.2, 0.25) is 5.95 Å². The van der Waals surface area contributed by atoms with Crippen LogP contribution in [-0.2, 0) is 11.2 Å². The van der Waals surface area contributed by atoms with Gasteiger partial charge >= 0.3 is 5.97 Å². The Balaban J connectivity index is 2.92. The summed E-state index contributed by atoms with van der Waals surface area (Å²) in [5.74, 6) is -1.61. The van der Waals surface area contributed by atoms with Gasteiger partial charge < -0.3 is 5.11 Å². The van der Waals surface area contributed by atoms with Crippen molar-refractivity contribution in [1.29, 1.82) is 0 Å². The van der Waals surface area contributed by atoms with Gasteiger partial charge in [-0.3, -0.25) is 4.79 Å². The third-order valence-corrected chi connectivity index (χ3v) is 1.63. The van der Waals surface area contributed by atoms with E-state index in [1.54, 1.807) is 13.8 Å². The maximum absolute atomic E-state index is 13.3. The van der Waals surface area contributed by atoms with E-state index in [1.165, 1.54) is 6.20 Å². The summed E-state index contributed by atoms with van der Waals surface area (Å²) in [6.45, 7) is 3.56. The highest BCUT2D eigenvalue weighted by atomic mass is 19.1. The SMILES string of the molecule is CC(C)n1ncc(CC(=O)O)c1F. The van der Waals surface area contributed by atoms with E-state index in [2.05, 4.69) is 5.10 Å². The molecule has 0 saturated carbocycles. The summed E-state index contributed by atoms with van der Waals surface area (Å²) in [7, 11) is 0. The minimum absolute atomic E-state index is 0.0949. The molecule has 1 N–H and O–H groups in total. The van der Waals surface area contributed by atoms with Crippen LogP contribution in [0.3, 0.4) is 0 Å². The molecule has 13 heavy (non-hydrogen) atoms. The Kier molecular flexibility index (Phi) is 2.65. The van der Waals surface area contributed by atoms with Crippen LogP contribution in [0, 0.1) is 5.95 Å². The number of halogens is 1. The largest absolute Gasteiger partial charge is 0.481 e. The molecule has 5 heteroatoms. The molecule has 0 saturated heterocycles. The van der Waals surface area contributed by atoms with Crippen molar-refractivity contribution >= 4 is 5.97 Å². The monoisotopic (exact) mass is 186 g/mol. The van der Waals surface area contributed by atoms with Gasteiger partial charge in [-0.15, -0.1) is 0 Å². The molecule has 1 rings (SSSR count). The molecule has 0 amide bonds. The summed E-state index contributed by atoms with van der Waals surface area (Å²) in [5, 5.41) is 12.2. The standard InChI is InChI=1S/C8H11FN2O2/c1-5(2)11-8(9)6(4-10-11)3-7(12)13/h4-5H,3H2,1-2H3,(H,12,13). The molecule has 72 valence electrons. The van der Waals surface area contributed by atoms with Crippen molar-refractivity contribution < 1.29 is 14.3 Å². The van der Waals surface area contributed by atoms with Crippen molar-refractivity contribution in [2.45, 2.75) is 26.3 Å². The summed E-state index contributed by atoms with van der Waals surface area (Å²) >= 11 is 0. The minimum atomic E-state index is -1.05. The normalized spacial score (nSPS) is 10.8. The second kappa shape index (κ2) is 3.55. The smallest absolute Gasteiger partial charge is 0.308 e. The molecule has 0 unspecified atom stereocenters. The molecule has 0 atom stereocenters. The number of carboxylic acid groups (broad SMARTS) is 1. The van der Waals surface area contributed by atoms with E-state index >= 15 is 0 Å². The Hall–Kier alpha value is -1.39. The Morgan fingerprint density at radius 1 is 1.77 bits per heavy atom. The van der Waals surface area contributed by atoms with Crippen molar-refractivity contribution in [1.82, 2.24) is 9.78 Å². The van der Waals surface area contributed by atoms with Gasteiger partial charge in [-0.25, -0.2) is 4.68 Å². The van der Waals surface area contributed by atoms with Crippen molar-refractivity contribution in [3.05, 3.63) is 17.7 Å². The number of rotatable bonds is 3. The summed E-state index contributed by atoms with van der Waals surface area (Å²) in [4.78, 5) is 10.3. The quantitative estimate of drug-likeness (QED) is 0.772. The van der Waals surface area contributed by atoms with Crippen molar-refractivity contribution in [2.24, 2.45) is 0 Å². The van der Waals surface area contributed by atoms with Crippen LogP contribution in [0.15, 0.2) is 6.20 Å². The van der Waals surface area contributed by atoms with Crippen LogP contribution in [0.4, 0.5) is 4.39 Å². The first-order valence-corrected chi connectivity index (χ1v) is 3.96. The maximum atomic E-state index is 13.3. The number of carbonyl (C=O) groups is 1. The average Bonchev–Trinajstić information content (AvgIpc) is 2.32. The zero-order valence-electron chi connectivity index (χ0n) is 7.49. The first kappa shape index (κ1) is 9.70. The molecule has 1 aromatic heterocycles. The lowest BCUT2D eigenvalue weighted by atomic mass is 10.2. The molecular formula is C8H11FN2O2. The molecular weight excluding hydrogens is 175 g/mol. The lowest BCUT2D eigenvalue weighted by Crippen LogP contribution is -2.07. The molecule has 0 aliphatic carbocycles. The molecule has 0 aliphatic heterocycles. The number of hydrogen-bond donors (Lipinski definition) is 1. The second-order valence-corrected chi connectivity index (χ2v) is 3.07. The van der Waals surface area contributed by atoms with Crippen molar-refractivity contribution in [3.8, 4) is 0 Å². The van der Waals surface area contributed by atoms with Gasteiger partial charge in [0.15, 0.2) is 0 Å². The molecule has 0 radical (unpaired) electrons. The van der Waals surface area contributed by atoms with Gasteiger partial charge in [-0.1, -0.05) is 0 Å². The number of nitrogens with zero attached hydrogens (tertiary/aromatic N) is 2. The summed E-state index contributed by atoms with van der Waals surface area (Å²) < 4.78 is 14.4. The fraction of sp³-hybridized carbons (Fsp3) is 0.500. The fourth-order valence-electron chi connectivity index (χ4n) is 1.02. The van der Waals surface area contributed by atoms with Crippen LogP contribution in [0.25, 0.3) is 0 Å². The first-order chi connectivity index (χ1) is 6.02. The highest BCUT2D eigenvalue weighted by Crippen LogP contribution is 2.12. The van der Waals surface area contributed by atoms with E-state index in [0.29, 0.717) is 0 Å². The highest BCUT2D eigenvalue weighted by Gasteiger charge is 2.14. The number of hydrogen-bond acceptors (Lipinski definition) is 2.